The van der Waals surface area contributed by atoms with Crippen LogP contribution < -0.4 is 0 Å². The molecule has 0 aromatic rings. The number of hydrogen-bond acceptors (Lipinski definition) is 1. The molecule has 78 valence electrons. The molecule has 0 bridgehead atoms. The molecule has 0 spiro atoms. The molecule has 0 saturated carbocycles. The van der Waals surface area contributed by atoms with Crippen LogP contribution in [-0.4, -0.2) is 5.78 Å². The fourth-order valence-corrected chi connectivity index (χ4v) is 1.85. The Kier molecular flexibility index (Phi) is 8.07. The zero-order valence-corrected chi connectivity index (χ0v) is 9.44. The highest BCUT2D eigenvalue weighted by molar-refractivity contribution is 5.75. The monoisotopic (exact) mass is 184 g/mol. The normalized spacial score (nSPS) is 12.8. The maximum absolute atomic E-state index is 11.0. The second-order valence-corrected chi connectivity index (χ2v) is 4.06. The number of ketones is 1. The molecule has 0 fully saturated rings. The predicted octanol–water partition coefficient (Wildman–Crippen LogP) is 3.96. The van der Waals surface area contributed by atoms with Gasteiger partial charge in [0.1, 0.15) is 5.78 Å². The van der Waals surface area contributed by atoms with Crippen LogP contribution in [0.1, 0.15) is 65.7 Å². The molecule has 0 saturated heterocycles. The molecule has 0 aliphatic heterocycles. The molecule has 0 amide bonds. The standard InChI is InChI=1S/C12H24O/c1-4-6-7-9-12(8-5-2)10-11(3)13/h12H,4-10H2,1-3H3. The molecule has 13 heavy (non-hydrogen) atoms. The first kappa shape index (κ1) is 12.7. The molecular weight excluding hydrogens is 160 g/mol. The van der Waals surface area contributed by atoms with Crippen molar-refractivity contribution in [3.05, 3.63) is 0 Å². The molecule has 1 atom stereocenters. The minimum atomic E-state index is 0.356. The van der Waals surface area contributed by atoms with Crippen molar-refractivity contribution in [1.29, 1.82) is 0 Å². The Bertz CT molecular complexity index is 129. The Labute approximate surface area is 82.9 Å². The highest BCUT2D eigenvalue weighted by Crippen LogP contribution is 2.19. The predicted molar refractivity (Wildman–Crippen MR) is 57.8 cm³/mol. The first-order chi connectivity index (χ1) is 6.20. The van der Waals surface area contributed by atoms with E-state index >= 15 is 0 Å². The molecule has 1 unspecified atom stereocenters. The van der Waals surface area contributed by atoms with E-state index in [-0.39, 0.29) is 0 Å². The Morgan fingerprint density at radius 1 is 1.08 bits per heavy atom. The van der Waals surface area contributed by atoms with Crippen molar-refractivity contribution in [2.45, 2.75) is 65.7 Å². The molecule has 1 nitrogen and oxygen atoms in total. The van der Waals surface area contributed by atoms with Gasteiger partial charge in [0.05, 0.1) is 0 Å². The summed E-state index contributed by atoms with van der Waals surface area (Å²) in [6.07, 6.45) is 8.39. The molecule has 0 radical (unpaired) electrons. The average molecular weight is 184 g/mol. The third-order valence-corrected chi connectivity index (χ3v) is 2.49. The molecular formula is C12H24O. The van der Waals surface area contributed by atoms with Gasteiger partial charge in [-0.1, -0.05) is 52.4 Å². The van der Waals surface area contributed by atoms with Crippen LogP contribution in [0.2, 0.25) is 0 Å². The quantitative estimate of drug-likeness (QED) is 0.522. The van der Waals surface area contributed by atoms with Gasteiger partial charge in [-0.15, -0.1) is 0 Å². The van der Waals surface area contributed by atoms with Gasteiger partial charge in [-0.3, -0.25) is 0 Å². The fraction of sp³-hybridized carbons (Fsp3) is 0.917. The molecule has 0 heterocycles. The van der Waals surface area contributed by atoms with Crippen LogP contribution in [0.4, 0.5) is 0 Å². The smallest absolute Gasteiger partial charge is 0.130 e. The summed E-state index contributed by atoms with van der Waals surface area (Å²) in [5.74, 6) is 1.02. The maximum atomic E-state index is 11.0. The molecule has 0 aromatic carbocycles. The highest BCUT2D eigenvalue weighted by Gasteiger charge is 2.09. The van der Waals surface area contributed by atoms with Gasteiger partial charge >= 0.3 is 0 Å². The van der Waals surface area contributed by atoms with Crippen LogP contribution in [0.3, 0.4) is 0 Å². The van der Waals surface area contributed by atoms with E-state index in [4.69, 9.17) is 0 Å². The Balaban J connectivity index is 3.59. The maximum Gasteiger partial charge on any atom is 0.130 e. The number of Topliss-reactive ketones (excluding diaryl/α,β-unsaturated/α-hetero) is 1. The zero-order chi connectivity index (χ0) is 10.1. The van der Waals surface area contributed by atoms with E-state index in [0.29, 0.717) is 11.7 Å². The topological polar surface area (TPSA) is 17.1 Å². The Hall–Kier alpha value is -0.330. The van der Waals surface area contributed by atoms with Gasteiger partial charge in [0, 0.05) is 6.42 Å². The largest absolute Gasteiger partial charge is 0.300 e. The summed E-state index contributed by atoms with van der Waals surface area (Å²) < 4.78 is 0. The van der Waals surface area contributed by atoms with E-state index in [2.05, 4.69) is 13.8 Å². The lowest BCUT2D eigenvalue weighted by Crippen LogP contribution is -2.05. The third-order valence-electron chi connectivity index (χ3n) is 2.49. The molecule has 0 N–H and O–H groups in total. The van der Waals surface area contributed by atoms with Gasteiger partial charge in [-0.25, -0.2) is 0 Å². The van der Waals surface area contributed by atoms with Gasteiger partial charge < -0.3 is 4.79 Å². The van der Waals surface area contributed by atoms with Gasteiger partial charge in [0.2, 0.25) is 0 Å². The second-order valence-electron chi connectivity index (χ2n) is 4.06. The summed E-state index contributed by atoms with van der Waals surface area (Å²) in [5, 5.41) is 0. The van der Waals surface area contributed by atoms with Crippen molar-refractivity contribution in [3.63, 3.8) is 0 Å². The van der Waals surface area contributed by atoms with Crippen molar-refractivity contribution in [3.8, 4) is 0 Å². The van der Waals surface area contributed by atoms with Crippen LogP contribution in [0.15, 0.2) is 0 Å². The number of unbranched alkanes of at least 4 members (excludes halogenated alkanes) is 2. The van der Waals surface area contributed by atoms with E-state index in [0.717, 1.165) is 6.42 Å². The summed E-state index contributed by atoms with van der Waals surface area (Å²) >= 11 is 0. The van der Waals surface area contributed by atoms with Gasteiger partial charge in [-0.2, -0.15) is 0 Å². The molecule has 0 aromatic heterocycles. The van der Waals surface area contributed by atoms with E-state index in [1.54, 1.807) is 6.92 Å². The molecule has 1 heteroatoms. The lowest BCUT2D eigenvalue weighted by Gasteiger charge is -2.13. The van der Waals surface area contributed by atoms with Crippen LogP contribution in [0.25, 0.3) is 0 Å². The van der Waals surface area contributed by atoms with Crippen LogP contribution >= 0.6 is 0 Å². The number of rotatable bonds is 8. The fourth-order valence-electron chi connectivity index (χ4n) is 1.85. The lowest BCUT2D eigenvalue weighted by molar-refractivity contribution is -0.118. The van der Waals surface area contributed by atoms with E-state index in [1.165, 1.54) is 38.5 Å². The number of carbonyl (C=O) groups is 1. The number of carbonyl (C=O) groups excluding carboxylic acids is 1. The van der Waals surface area contributed by atoms with E-state index in [1.807, 2.05) is 0 Å². The minimum absolute atomic E-state index is 0.356. The van der Waals surface area contributed by atoms with Crippen molar-refractivity contribution < 1.29 is 4.79 Å². The summed E-state index contributed by atoms with van der Waals surface area (Å²) in [6.45, 7) is 6.13. The second kappa shape index (κ2) is 8.28. The Morgan fingerprint density at radius 3 is 2.23 bits per heavy atom. The van der Waals surface area contributed by atoms with Crippen molar-refractivity contribution >= 4 is 5.78 Å². The first-order valence-corrected chi connectivity index (χ1v) is 5.70. The summed E-state index contributed by atoms with van der Waals surface area (Å²) in [7, 11) is 0. The summed E-state index contributed by atoms with van der Waals surface area (Å²) in [6, 6.07) is 0. The van der Waals surface area contributed by atoms with Crippen molar-refractivity contribution in [2.24, 2.45) is 5.92 Å². The van der Waals surface area contributed by atoms with Gasteiger partial charge in [-0.05, 0) is 12.8 Å². The molecule has 0 rings (SSSR count). The SMILES string of the molecule is CCCCCC(CCC)CC(C)=O. The van der Waals surface area contributed by atoms with Crippen LogP contribution in [-0.2, 0) is 4.79 Å². The van der Waals surface area contributed by atoms with Gasteiger partial charge in [0.15, 0.2) is 0 Å². The van der Waals surface area contributed by atoms with E-state index in [9.17, 15) is 4.79 Å². The summed E-state index contributed by atoms with van der Waals surface area (Å²) in [4.78, 5) is 11.0. The lowest BCUT2D eigenvalue weighted by atomic mass is 9.92. The first-order valence-electron chi connectivity index (χ1n) is 5.70. The highest BCUT2D eigenvalue weighted by atomic mass is 16.1. The number of hydrogen-bond donors (Lipinski definition) is 0. The summed E-state index contributed by atoms with van der Waals surface area (Å²) in [5.41, 5.74) is 0. The van der Waals surface area contributed by atoms with Crippen molar-refractivity contribution in [1.82, 2.24) is 0 Å². The van der Waals surface area contributed by atoms with Crippen LogP contribution in [0.5, 0.6) is 0 Å². The zero-order valence-electron chi connectivity index (χ0n) is 9.44. The molecule has 0 aliphatic rings. The van der Waals surface area contributed by atoms with Crippen molar-refractivity contribution in [2.75, 3.05) is 0 Å². The molecule has 0 aliphatic carbocycles. The van der Waals surface area contributed by atoms with E-state index < -0.39 is 0 Å². The average Bonchev–Trinajstić information content (AvgIpc) is 2.04. The Morgan fingerprint density at radius 2 is 1.77 bits per heavy atom. The minimum Gasteiger partial charge on any atom is -0.300 e. The van der Waals surface area contributed by atoms with Crippen LogP contribution in [0, 0.1) is 5.92 Å². The van der Waals surface area contributed by atoms with Gasteiger partial charge in [0.25, 0.3) is 0 Å². The third kappa shape index (κ3) is 8.01.